The fourth-order valence-corrected chi connectivity index (χ4v) is 3.64. The van der Waals surface area contributed by atoms with Gasteiger partial charge in [-0.1, -0.05) is 6.92 Å². The van der Waals surface area contributed by atoms with Crippen molar-refractivity contribution in [1.29, 1.82) is 0 Å². The highest BCUT2D eigenvalue weighted by Crippen LogP contribution is 2.33. The lowest BCUT2D eigenvalue weighted by atomic mass is 9.97. The van der Waals surface area contributed by atoms with Gasteiger partial charge in [-0.05, 0) is 25.8 Å². The highest BCUT2D eigenvalue weighted by atomic mass is 32.1. The van der Waals surface area contributed by atoms with Crippen LogP contribution in [0.5, 0.6) is 0 Å². The fraction of sp³-hybridized carbons (Fsp3) is 0.786. The first kappa shape index (κ1) is 16.8. The minimum atomic E-state index is -0.890. The summed E-state index contributed by atoms with van der Waals surface area (Å²) >= 11 is 4.52. The molecule has 0 aromatic rings. The number of fused-ring (bicyclic) bond motifs is 1. The van der Waals surface area contributed by atoms with E-state index in [0.29, 0.717) is 31.2 Å². The molecule has 0 bridgehead atoms. The van der Waals surface area contributed by atoms with E-state index in [1.165, 1.54) is 6.34 Å². The monoisotopic (exact) mass is 340 g/mol. The van der Waals surface area contributed by atoms with E-state index < -0.39 is 11.8 Å². The number of aliphatic hydroxyl groups is 1. The van der Waals surface area contributed by atoms with Crippen molar-refractivity contribution >= 4 is 30.5 Å². The maximum absolute atomic E-state index is 10.2. The average Bonchev–Trinajstić information content (AvgIpc) is 3.09. The Bertz CT molecular complexity index is 553. The van der Waals surface area contributed by atoms with E-state index in [-0.39, 0.29) is 17.6 Å². The van der Waals surface area contributed by atoms with Gasteiger partial charge >= 0.3 is 0 Å². The SMILES string of the molecule is CC[C@H]1O[C@@H](N2CN=C3C2=NC=NC3(N)CCCN)[C@H](S)[C@@H]1O. The summed E-state index contributed by atoms with van der Waals surface area (Å²) in [5.74, 6) is 0.660. The number of hydrogen-bond donors (Lipinski definition) is 4. The lowest BCUT2D eigenvalue weighted by Crippen LogP contribution is -2.55. The molecule has 1 saturated heterocycles. The number of ether oxygens (including phenoxy) is 1. The van der Waals surface area contributed by atoms with Crippen LogP contribution in [-0.2, 0) is 4.74 Å². The van der Waals surface area contributed by atoms with Crippen molar-refractivity contribution in [3.05, 3.63) is 0 Å². The lowest BCUT2D eigenvalue weighted by Gasteiger charge is -2.32. The summed E-state index contributed by atoms with van der Waals surface area (Å²) in [7, 11) is 0. The topological polar surface area (TPSA) is 122 Å². The molecule has 0 aromatic heterocycles. The van der Waals surface area contributed by atoms with Crippen molar-refractivity contribution < 1.29 is 9.84 Å². The van der Waals surface area contributed by atoms with Gasteiger partial charge in [0.15, 0.2) is 11.5 Å². The minimum Gasteiger partial charge on any atom is -0.389 e. The van der Waals surface area contributed by atoms with Gasteiger partial charge < -0.3 is 26.2 Å². The number of aliphatic imine (C=N–C) groups is 3. The second kappa shape index (κ2) is 6.48. The van der Waals surface area contributed by atoms with Crippen molar-refractivity contribution in [3.63, 3.8) is 0 Å². The Balaban J connectivity index is 1.80. The molecule has 5 N–H and O–H groups in total. The van der Waals surface area contributed by atoms with E-state index in [0.717, 1.165) is 12.8 Å². The molecule has 9 heteroatoms. The normalized spacial score (nSPS) is 39.4. The number of nitrogens with two attached hydrogens (primary N) is 2. The molecule has 128 valence electrons. The summed E-state index contributed by atoms with van der Waals surface area (Å²) in [6.07, 6.45) is 2.33. The zero-order valence-electron chi connectivity index (χ0n) is 13.2. The second-order valence-electron chi connectivity index (χ2n) is 6.09. The molecule has 0 aliphatic carbocycles. The zero-order valence-corrected chi connectivity index (χ0v) is 14.1. The molecule has 5 atom stereocenters. The smallest absolute Gasteiger partial charge is 0.159 e. The van der Waals surface area contributed by atoms with Gasteiger partial charge in [-0.2, -0.15) is 12.6 Å². The number of rotatable bonds is 5. The van der Waals surface area contributed by atoms with Crippen molar-refractivity contribution in [2.75, 3.05) is 13.2 Å². The van der Waals surface area contributed by atoms with Gasteiger partial charge in [0.25, 0.3) is 0 Å². The number of nitrogens with zero attached hydrogens (tertiary/aromatic N) is 4. The van der Waals surface area contributed by atoms with Gasteiger partial charge in [0.1, 0.15) is 24.9 Å². The molecule has 0 aromatic carbocycles. The molecule has 3 heterocycles. The summed E-state index contributed by atoms with van der Waals surface area (Å²) in [5, 5.41) is 9.91. The highest BCUT2D eigenvalue weighted by Gasteiger charge is 2.49. The molecular weight excluding hydrogens is 316 g/mol. The van der Waals surface area contributed by atoms with Crippen LogP contribution >= 0.6 is 12.6 Å². The van der Waals surface area contributed by atoms with Gasteiger partial charge in [-0.3, -0.25) is 4.99 Å². The molecule has 3 rings (SSSR count). The third-order valence-corrected chi connectivity index (χ3v) is 5.11. The first-order valence-electron chi connectivity index (χ1n) is 7.96. The van der Waals surface area contributed by atoms with Crippen LogP contribution in [0.3, 0.4) is 0 Å². The minimum absolute atomic E-state index is 0.232. The lowest BCUT2D eigenvalue weighted by molar-refractivity contribution is -0.0347. The van der Waals surface area contributed by atoms with E-state index >= 15 is 0 Å². The van der Waals surface area contributed by atoms with Crippen molar-refractivity contribution in [1.82, 2.24) is 4.90 Å². The van der Waals surface area contributed by atoms with Crippen LogP contribution < -0.4 is 11.5 Å². The van der Waals surface area contributed by atoms with Crippen LogP contribution in [0.2, 0.25) is 0 Å². The van der Waals surface area contributed by atoms with Crippen LogP contribution in [0.25, 0.3) is 0 Å². The van der Waals surface area contributed by atoms with E-state index in [9.17, 15) is 5.11 Å². The molecule has 8 nitrogen and oxygen atoms in total. The van der Waals surface area contributed by atoms with E-state index in [1.807, 2.05) is 11.8 Å². The predicted molar refractivity (Wildman–Crippen MR) is 93.0 cm³/mol. The van der Waals surface area contributed by atoms with Gasteiger partial charge in [-0.15, -0.1) is 0 Å². The Kier molecular flexibility index (Phi) is 4.75. The first-order chi connectivity index (χ1) is 11.0. The summed E-state index contributed by atoms with van der Waals surface area (Å²) in [6, 6.07) is 0. The number of amidine groups is 1. The van der Waals surface area contributed by atoms with E-state index in [4.69, 9.17) is 16.2 Å². The Hall–Kier alpha value is -1.00. The molecule has 0 radical (unpaired) electrons. The highest BCUT2D eigenvalue weighted by molar-refractivity contribution is 7.81. The molecule has 1 unspecified atom stereocenters. The maximum atomic E-state index is 10.2. The molecule has 3 aliphatic heterocycles. The van der Waals surface area contributed by atoms with Crippen molar-refractivity contribution in [2.45, 2.75) is 55.5 Å². The van der Waals surface area contributed by atoms with Crippen molar-refractivity contribution in [2.24, 2.45) is 26.4 Å². The zero-order chi connectivity index (χ0) is 16.6. The first-order valence-corrected chi connectivity index (χ1v) is 8.47. The molecule has 23 heavy (non-hydrogen) atoms. The largest absolute Gasteiger partial charge is 0.389 e. The number of aliphatic hydroxyl groups excluding tert-OH is 1. The van der Waals surface area contributed by atoms with Crippen LogP contribution in [0.4, 0.5) is 0 Å². The maximum Gasteiger partial charge on any atom is 0.159 e. The summed E-state index contributed by atoms with van der Waals surface area (Å²) < 4.78 is 5.96. The summed E-state index contributed by atoms with van der Waals surface area (Å²) in [5.41, 5.74) is 11.8. The van der Waals surface area contributed by atoms with E-state index in [1.54, 1.807) is 0 Å². The summed E-state index contributed by atoms with van der Waals surface area (Å²) in [6.45, 7) is 2.90. The molecule has 0 saturated carbocycles. The predicted octanol–water partition coefficient (Wildman–Crippen LogP) is -0.671. The van der Waals surface area contributed by atoms with Gasteiger partial charge in [0.2, 0.25) is 0 Å². The Morgan fingerprint density at radius 3 is 3.00 bits per heavy atom. The third-order valence-electron chi connectivity index (χ3n) is 4.55. The quantitative estimate of drug-likeness (QED) is 0.495. The number of hydrogen-bond acceptors (Lipinski definition) is 9. The molecule has 3 aliphatic rings. The van der Waals surface area contributed by atoms with Crippen molar-refractivity contribution in [3.8, 4) is 0 Å². The molecule has 0 spiro atoms. The molecule has 1 fully saturated rings. The molecule has 0 amide bonds. The standard InChI is InChI=1S/C14H24N6O2S/c1-2-8-9(21)10(23)13(22-8)20-7-18-11-12(20)17-6-19-14(11,16)4-3-5-15/h6,8-10,13,21,23H,2-5,7,15-16H2,1H3/t8-,9-,10-,13-,14?/m1/s1. The van der Waals surface area contributed by atoms with Gasteiger partial charge in [0, 0.05) is 0 Å². The van der Waals surface area contributed by atoms with Crippen LogP contribution in [-0.4, -0.2) is 70.5 Å². The van der Waals surface area contributed by atoms with E-state index in [2.05, 4.69) is 27.6 Å². The fourth-order valence-electron chi connectivity index (χ4n) is 3.21. The van der Waals surface area contributed by atoms with Gasteiger partial charge in [-0.25, -0.2) is 9.98 Å². The molecular formula is C14H24N6O2S. The Labute approximate surface area is 141 Å². The van der Waals surface area contributed by atoms with Crippen LogP contribution in [0.15, 0.2) is 15.0 Å². The van der Waals surface area contributed by atoms with Crippen LogP contribution in [0.1, 0.15) is 26.2 Å². The third kappa shape index (κ3) is 2.80. The Morgan fingerprint density at radius 1 is 1.57 bits per heavy atom. The second-order valence-corrected chi connectivity index (χ2v) is 6.68. The summed E-state index contributed by atoms with van der Waals surface area (Å²) in [4.78, 5) is 15.1. The van der Waals surface area contributed by atoms with Crippen LogP contribution in [0, 0.1) is 0 Å². The van der Waals surface area contributed by atoms with Gasteiger partial charge in [0.05, 0.1) is 17.5 Å². The average molecular weight is 340 g/mol. The number of thiol groups is 1. The Morgan fingerprint density at radius 2 is 2.35 bits per heavy atom.